The van der Waals surface area contributed by atoms with E-state index in [-0.39, 0.29) is 17.7 Å². The number of benzene rings is 2. The Morgan fingerprint density at radius 3 is 2.64 bits per heavy atom. The fourth-order valence-electron chi connectivity index (χ4n) is 5.30. The van der Waals surface area contributed by atoms with Crippen molar-refractivity contribution in [3.8, 4) is 17.2 Å². The molecule has 5 rings (SSSR count). The zero-order valence-electron chi connectivity index (χ0n) is 21.3. The van der Waals surface area contributed by atoms with Crippen LogP contribution in [0.4, 0.5) is 0 Å². The molecule has 3 heterocycles. The number of ether oxygens (including phenoxy) is 1. The molecular formula is C29H36N4O3. The molecule has 2 aliphatic rings. The maximum Gasteiger partial charge on any atom is 0.243 e. The van der Waals surface area contributed by atoms with Crippen molar-refractivity contribution < 1.29 is 13.9 Å². The number of carbonyl (C=O) groups is 1. The molecule has 2 atom stereocenters. The number of hydrazone groups is 1. The van der Waals surface area contributed by atoms with E-state index in [4.69, 9.17) is 9.15 Å². The van der Waals surface area contributed by atoms with Crippen LogP contribution in [0.25, 0.3) is 22.6 Å². The highest BCUT2D eigenvalue weighted by Crippen LogP contribution is 2.30. The Morgan fingerprint density at radius 1 is 1.08 bits per heavy atom. The highest BCUT2D eigenvalue weighted by Gasteiger charge is 2.32. The SMILES string of the molecule is CCC[C@H]1C(=O)NN=C(c2ccc3nc(-c4ccc(OCCCN5CCCCC5)cc4)oc3c2)[C@@H]1C. The number of nitrogens with one attached hydrogen (secondary N) is 1. The van der Waals surface area contributed by atoms with Gasteiger partial charge in [-0.05, 0) is 75.2 Å². The highest BCUT2D eigenvalue weighted by molar-refractivity contribution is 6.07. The standard InChI is InChI=1S/C29H36N4O3/c1-3-8-24-20(2)27(31-32-28(24)34)22-11-14-25-26(19-22)36-29(30-25)21-9-12-23(13-10-21)35-18-7-17-33-15-5-4-6-16-33/h9-14,19-20,24H,3-8,15-18H2,1-2H3,(H,32,34)/t20-,24-/m1/s1. The van der Waals surface area contributed by atoms with Crippen LogP contribution in [0.3, 0.4) is 0 Å². The molecule has 0 radical (unpaired) electrons. The molecule has 2 aliphatic heterocycles. The Hall–Kier alpha value is -3.19. The zero-order chi connectivity index (χ0) is 24.9. The number of piperidine rings is 1. The van der Waals surface area contributed by atoms with Crippen molar-refractivity contribution in [3.05, 3.63) is 48.0 Å². The van der Waals surface area contributed by atoms with E-state index in [1.165, 1.54) is 32.4 Å². The van der Waals surface area contributed by atoms with E-state index in [1.54, 1.807) is 0 Å². The Bertz CT molecular complexity index is 1210. The van der Waals surface area contributed by atoms with E-state index in [0.717, 1.165) is 60.5 Å². The summed E-state index contributed by atoms with van der Waals surface area (Å²) < 4.78 is 12.1. The number of likely N-dealkylation sites (tertiary alicyclic amines) is 1. The summed E-state index contributed by atoms with van der Waals surface area (Å²) in [6, 6.07) is 13.9. The van der Waals surface area contributed by atoms with Gasteiger partial charge in [0.15, 0.2) is 5.58 Å². The molecule has 7 nitrogen and oxygen atoms in total. The molecule has 7 heteroatoms. The molecule has 1 fully saturated rings. The van der Waals surface area contributed by atoms with Crippen molar-refractivity contribution in [3.63, 3.8) is 0 Å². The lowest BCUT2D eigenvalue weighted by Gasteiger charge is -2.27. The number of fused-ring (bicyclic) bond motifs is 1. The van der Waals surface area contributed by atoms with Gasteiger partial charge in [0, 0.05) is 29.5 Å². The topological polar surface area (TPSA) is 80.0 Å². The van der Waals surface area contributed by atoms with Crippen molar-refractivity contribution in [1.29, 1.82) is 0 Å². The molecule has 3 aromatic rings. The fourth-order valence-corrected chi connectivity index (χ4v) is 5.30. The lowest BCUT2D eigenvalue weighted by atomic mass is 9.82. The fraction of sp³-hybridized carbons (Fsp3) is 0.483. The van der Waals surface area contributed by atoms with Gasteiger partial charge in [0.25, 0.3) is 0 Å². The number of oxazole rings is 1. The van der Waals surface area contributed by atoms with Gasteiger partial charge in [-0.2, -0.15) is 5.10 Å². The van der Waals surface area contributed by atoms with E-state index < -0.39 is 0 Å². The van der Waals surface area contributed by atoms with E-state index in [2.05, 4.69) is 34.3 Å². The second-order valence-corrected chi connectivity index (χ2v) is 9.99. The lowest BCUT2D eigenvalue weighted by Crippen LogP contribution is -2.40. The molecule has 0 unspecified atom stereocenters. The molecule has 36 heavy (non-hydrogen) atoms. The number of nitrogens with zero attached hydrogens (tertiary/aromatic N) is 3. The largest absolute Gasteiger partial charge is 0.494 e. The van der Waals surface area contributed by atoms with Crippen LogP contribution >= 0.6 is 0 Å². The summed E-state index contributed by atoms with van der Waals surface area (Å²) in [7, 11) is 0. The first-order valence-corrected chi connectivity index (χ1v) is 13.4. The molecule has 1 saturated heterocycles. The minimum absolute atomic E-state index is 0.00514. The maximum atomic E-state index is 12.2. The quantitative estimate of drug-likeness (QED) is 0.395. The smallest absolute Gasteiger partial charge is 0.243 e. The summed E-state index contributed by atoms with van der Waals surface area (Å²) in [5.74, 6) is 1.43. The number of rotatable bonds is 9. The minimum atomic E-state index is -0.0611. The summed E-state index contributed by atoms with van der Waals surface area (Å²) in [5.41, 5.74) is 6.95. The number of amides is 1. The second kappa shape index (κ2) is 11.2. The summed E-state index contributed by atoms with van der Waals surface area (Å²) in [6.45, 7) is 8.46. The summed E-state index contributed by atoms with van der Waals surface area (Å²) in [6.07, 6.45) is 6.87. The third-order valence-electron chi connectivity index (χ3n) is 7.38. The van der Waals surface area contributed by atoms with Crippen LogP contribution in [0.15, 0.2) is 52.0 Å². The monoisotopic (exact) mass is 488 g/mol. The van der Waals surface area contributed by atoms with E-state index in [1.807, 2.05) is 42.5 Å². The van der Waals surface area contributed by atoms with Crippen LogP contribution in [0.5, 0.6) is 5.75 Å². The molecule has 1 aromatic heterocycles. The van der Waals surface area contributed by atoms with Crippen molar-refractivity contribution in [2.75, 3.05) is 26.2 Å². The first-order valence-electron chi connectivity index (χ1n) is 13.4. The molecule has 0 bridgehead atoms. The molecular weight excluding hydrogens is 452 g/mol. The van der Waals surface area contributed by atoms with Gasteiger partial charge < -0.3 is 14.1 Å². The molecule has 190 valence electrons. The third-order valence-corrected chi connectivity index (χ3v) is 7.38. The van der Waals surface area contributed by atoms with Crippen LogP contribution in [-0.2, 0) is 4.79 Å². The van der Waals surface area contributed by atoms with E-state index >= 15 is 0 Å². The Morgan fingerprint density at radius 2 is 1.86 bits per heavy atom. The van der Waals surface area contributed by atoms with Gasteiger partial charge >= 0.3 is 0 Å². The molecule has 0 aliphatic carbocycles. The second-order valence-electron chi connectivity index (χ2n) is 9.99. The summed E-state index contributed by atoms with van der Waals surface area (Å²) >= 11 is 0. The molecule has 1 amide bonds. The number of aromatic nitrogens is 1. The average Bonchev–Trinajstić information content (AvgIpc) is 3.34. The van der Waals surface area contributed by atoms with Gasteiger partial charge in [-0.15, -0.1) is 0 Å². The average molecular weight is 489 g/mol. The van der Waals surface area contributed by atoms with Gasteiger partial charge in [-0.1, -0.05) is 32.8 Å². The highest BCUT2D eigenvalue weighted by atomic mass is 16.5. The third kappa shape index (κ3) is 5.46. The molecule has 2 aromatic carbocycles. The van der Waals surface area contributed by atoms with Crippen LogP contribution < -0.4 is 10.2 Å². The molecule has 1 N–H and O–H groups in total. The zero-order valence-corrected chi connectivity index (χ0v) is 21.3. The molecule has 0 saturated carbocycles. The van der Waals surface area contributed by atoms with E-state index in [9.17, 15) is 4.79 Å². The number of carbonyl (C=O) groups excluding carboxylic acids is 1. The first kappa shape index (κ1) is 24.5. The van der Waals surface area contributed by atoms with Crippen molar-refractivity contribution >= 4 is 22.7 Å². The van der Waals surface area contributed by atoms with Crippen LogP contribution in [-0.4, -0.2) is 47.7 Å². The predicted molar refractivity (Wildman–Crippen MR) is 142 cm³/mol. The maximum absolute atomic E-state index is 12.2. The first-order chi connectivity index (χ1) is 17.6. The van der Waals surface area contributed by atoms with Gasteiger partial charge in [-0.3, -0.25) is 4.79 Å². The van der Waals surface area contributed by atoms with Gasteiger partial charge in [0.2, 0.25) is 11.8 Å². The summed E-state index contributed by atoms with van der Waals surface area (Å²) in [4.78, 5) is 19.5. The van der Waals surface area contributed by atoms with Gasteiger partial charge in [0.05, 0.1) is 12.3 Å². The number of hydrogen-bond donors (Lipinski definition) is 1. The Kier molecular flexibility index (Phi) is 7.66. The normalized spacial score (nSPS) is 20.8. The van der Waals surface area contributed by atoms with E-state index in [0.29, 0.717) is 11.5 Å². The van der Waals surface area contributed by atoms with Crippen molar-refractivity contribution in [1.82, 2.24) is 15.3 Å². The summed E-state index contributed by atoms with van der Waals surface area (Å²) in [5, 5.41) is 4.37. The number of hydrogen-bond acceptors (Lipinski definition) is 6. The predicted octanol–water partition coefficient (Wildman–Crippen LogP) is 5.64. The molecule has 0 spiro atoms. The Balaban J connectivity index is 1.23. The van der Waals surface area contributed by atoms with Crippen LogP contribution in [0.1, 0.15) is 57.9 Å². The van der Waals surface area contributed by atoms with Crippen LogP contribution in [0.2, 0.25) is 0 Å². The Labute approximate surface area is 212 Å². The van der Waals surface area contributed by atoms with Gasteiger partial charge in [0.1, 0.15) is 11.3 Å². The van der Waals surface area contributed by atoms with Crippen molar-refractivity contribution in [2.24, 2.45) is 16.9 Å². The van der Waals surface area contributed by atoms with Crippen molar-refractivity contribution in [2.45, 2.75) is 52.4 Å². The minimum Gasteiger partial charge on any atom is -0.494 e. The van der Waals surface area contributed by atoms with Gasteiger partial charge in [-0.25, -0.2) is 10.4 Å². The lowest BCUT2D eigenvalue weighted by molar-refractivity contribution is -0.126. The van der Waals surface area contributed by atoms with Crippen LogP contribution in [0, 0.1) is 11.8 Å².